The highest BCUT2D eigenvalue weighted by Crippen LogP contribution is 2.33. The van der Waals surface area contributed by atoms with E-state index in [0.717, 1.165) is 21.6 Å². The van der Waals surface area contributed by atoms with Crippen LogP contribution in [0.3, 0.4) is 0 Å². The van der Waals surface area contributed by atoms with Gasteiger partial charge in [0.15, 0.2) is 12.4 Å². The van der Waals surface area contributed by atoms with Gasteiger partial charge in [-0.1, -0.05) is 0 Å². The number of carbonyl (C=O) groups is 2. The van der Waals surface area contributed by atoms with Gasteiger partial charge in [-0.25, -0.2) is 0 Å². The molecule has 10 heteroatoms. The molecule has 138 valence electrons. The summed E-state index contributed by atoms with van der Waals surface area (Å²) in [7, 11) is 2.17. The van der Waals surface area contributed by atoms with Gasteiger partial charge in [-0.2, -0.15) is 9.46 Å². The molecule has 0 fully saturated rings. The lowest BCUT2D eigenvalue weighted by molar-refractivity contribution is -0.646. The molecule has 0 aliphatic carbocycles. The van der Waals surface area contributed by atoms with Crippen LogP contribution in [0.15, 0.2) is 46.7 Å². The molecule has 0 aliphatic rings. The van der Waals surface area contributed by atoms with Gasteiger partial charge in [-0.05, 0) is 26.0 Å². The molecule has 2 N–H and O–H groups in total. The fraction of sp³-hybridized carbons (Fsp3) is 0.250. The van der Waals surface area contributed by atoms with Crippen molar-refractivity contribution in [2.24, 2.45) is 0 Å². The molecule has 0 aliphatic heterocycles. The van der Waals surface area contributed by atoms with E-state index >= 15 is 0 Å². The smallest absolute Gasteiger partial charge is 0.262 e. The number of hydrogen-bond acceptors (Lipinski definition) is 6. The van der Waals surface area contributed by atoms with E-state index in [1.165, 1.54) is 24.5 Å². The number of nitrogens with zero attached hydrogens (tertiary/aromatic N) is 2. The lowest BCUT2D eigenvalue weighted by atomic mass is 10.3. The molecule has 0 spiro atoms. The van der Waals surface area contributed by atoms with Gasteiger partial charge < -0.3 is 21.0 Å². The Morgan fingerprint density at radius 1 is 0.846 bits per heavy atom. The van der Waals surface area contributed by atoms with Gasteiger partial charge in [-0.3, -0.25) is 9.59 Å². The van der Waals surface area contributed by atoms with Gasteiger partial charge >= 0.3 is 0 Å². The minimum absolute atomic E-state index is 0.265. The first kappa shape index (κ1) is 19.9. The Labute approximate surface area is 158 Å². The Kier molecular flexibility index (Phi) is 7.10. The lowest BCUT2D eigenvalue weighted by Gasteiger charge is -2.07. The minimum atomic E-state index is -0.320. The summed E-state index contributed by atoms with van der Waals surface area (Å²) in [6.45, 7) is 4.53. The monoisotopic (exact) mass is 394 g/mol. The van der Waals surface area contributed by atoms with Crippen molar-refractivity contribution in [1.82, 2.24) is 10.6 Å². The number of hydrogen-bond donors (Lipinski definition) is 2. The van der Waals surface area contributed by atoms with Gasteiger partial charge in [0.25, 0.3) is 21.9 Å². The summed E-state index contributed by atoms with van der Waals surface area (Å²) in [5.74, 6) is -0.640. The van der Waals surface area contributed by atoms with Gasteiger partial charge in [0.1, 0.15) is 11.1 Å². The summed E-state index contributed by atoms with van der Waals surface area (Å²) < 4.78 is 1.17. The van der Waals surface area contributed by atoms with Crippen molar-refractivity contribution in [2.75, 3.05) is 13.1 Å². The van der Waals surface area contributed by atoms with E-state index in [9.17, 15) is 20.0 Å². The van der Waals surface area contributed by atoms with Crippen molar-refractivity contribution in [2.45, 2.75) is 23.9 Å². The zero-order valence-corrected chi connectivity index (χ0v) is 15.9. The third-order valence-corrected chi connectivity index (χ3v) is 5.50. The first-order chi connectivity index (χ1) is 12.5. The van der Waals surface area contributed by atoms with E-state index in [1.54, 1.807) is 26.0 Å². The van der Waals surface area contributed by atoms with Crippen LogP contribution < -0.4 is 20.1 Å². The zero-order valence-electron chi connectivity index (χ0n) is 14.2. The Morgan fingerprint density at radius 2 is 1.23 bits per heavy atom. The minimum Gasteiger partial charge on any atom is -0.618 e. The van der Waals surface area contributed by atoms with E-state index in [-0.39, 0.29) is 22.9 Å². The van der Waals surface area contributed by atoms with Crippen LogP contribution in [0.4, 0.5) is 0 Å². The molecule has 0 unspecified atom stereocenters. The van der Waals surface area contributed by atoms with Crippen LogP contribution >= 0.6 is 21.6 Å². The van der Waals surface area contributed by atoms with Gasteiger partial charge in [-0.15, -0.1) is 0 Å². The molecule has 0 atom stereocenters. The van der Waals surface area contributed by atoms with Crippen molar-refractivity contribution >= 4 is 33.4 Å². The zero-order chi connectivity index (χ0) is 19.1. The average Bonchev–Trinajstić information content (AvgIpc) is 2.61. The highest BCUT2D eigenvalue weighted by Gasteiger charge is 2.17. The summed E-state index contributed by atoms with van der Waals surface area (Å²) in [4.78, 5) is 23.4. The van der Waals surface area contributed by atoms with Crippen molar-refractivity contribution in [3.63, 3.8) is 0 Å². The molecule has 0 aromatic carbocycles. The van der Waals surface area contributed by atoms with Crippen molar-refractivity contribution in [3.05, 3.63) is 58.2 Å². The van der Waals surface area contributed by atoms with Crippen LogP contribution in [-0.4, -0.2) is 24.9 Å². The molecule has 0 saturated carbocycles. The Morgan fingerprint density at radius 3 is 1.54 bits per heavy atom. The molecule has 8 nitrogen and oxygen atoms in total. The second kappa shape index (κ2) is 9.30. The normalized spacial score (nSPS) is 10.4. The fourth-order valence-corrected chi connectivity index (χ4v) is 3.90. The molecule has 26 heavy (non-hydrogen) atoms. The Hall–Kier alpha value is -2.46. The summed E-state index contributed by atoms with van der Waals surface area (Å²) in [6.07, 6.45) is 2.38. The van der Waals surface area contributed by atoms with E-state index in [0.29, 0.717) is 32.6 Å². The number of aromatic nitrogens is 2. The third kappa shape index (κ3) is 5.02. The van der Waals surface area contributed by atoms with Crippen LogP contribution in [-0.2, 0) is 0 Å². The second-order valence-electron chi connectivity index (χ2n) is 5.05. The molecule has 0 saturated heterocycles. The quantitative estimate of drug-likeness (QED) is 0.415. The molecule has 0 bridgehead atoms. The highest BCUT2D eigenvalue weighted by molar-refractivity contribution is 8.76. The second-order valence-corrected chi connectivity index (χ2v) is 7.22. The van der Waals surface area contributed by atoms with Gasteiger partial charge in [0.05, 0.1) is 0 Å². The van der Waals surface area contributed by atoms with Crippen LogP contribution in [0, 0.1) is 10.4 Å². The number of pyridine rings is 2. The predicted molar refractivity (Wildman–Crippen MR) is 98.5 cm³/mol. The largest absolute Gasteiger partial charge is 0.618 e. The maximum absolute atomic E-state index is 12.0. The van der Waals surface area contributed by atoms with E-state index in [1.807, 2.05) is 0 Å². The summed E-state index contributed by atoms with van der Waals surface area (Å²) in [5, 5.41) is 30.0. The third-order valence-electron chi connectivity index (χ3n) is 3.17. The van der Waals surface area contributed by atoms with Crippen LogP contribution in [0.2, 0.25) is 0 Å². The molecule has 2 rings (SSSR count). The standard InChI is InChI=1S/C16H18N4O4S2/c1-3-17-15(21)11-5-7-13(19(23)9-11)25-26-14-8-6-12(10-20(14)24)16(22)18-4-2/h5-10H,3-4H2,1-2H3,(H,17,21)(H,18,22). The molecule has 2 aromatic heterocycles. The van der Waals surface area contributed by atoms with Crippen molar-refractivity contribution < 1.29 is 19.0 Å². The van der Waals surface area contributed by atoms with E-state index < -0.39 is 0 Å². The molecular formula is C16H18N4O4S2. The molecular weight excluding hydrogens is 376 g/mol. The average molecular weight is 394 g/mol. The maximum atomic E-state index is 12.0. The van der Waals surface area contributed by atoms with Crippen LogP contribution in [0.25, 0.3) is 0 Å². The van der Waals surface area contributed by atoms with Crippen molar-refractivity contribution in [3.8, 4) is 0 Å². The molecule has 2 heterocycles. The Bertz CT molecular complexity index is 749. The summed E-state index contributed by atoms with van der Waals surface area (Å²) >= 11 is 0. The summed E-state index contributed by atoms with van der Waals surface area (Å²) in [5.41, 5.74) is 0.530. The number of amides is 2. The van der Waals surface area contributed by atoms with Crippen LogP contribution in [0.5, 0.6) is 0 Å². The Balaban J connectivity index is 2.07. The first-order valence-electron chi connectivity index (χ1n) is 7.83. The predicted octanol–water partition coefficient (Wildman–Crippen LogP) is 1.25. The fourth-order valence-electron chi connectivity index (χ4n) is 1.94. The number of carbonyl (C=O) groups excluding carboxylic acids is 2. The van der Waals surface area contributed by atoms with Crippen LogP contribution in [0.1, 0.15) is 34.6 Å². The molecule has 2 amide bonds. The van der Waals surface area contributed by atoms with Gasteiger partial charge in [0, 0.05) is 46.8 Å². The van der Waals surface area contributed by atoms with Crippen molar-refractivity contribution in [1.29, 1.82) is 0 Å². The molecule has 2 aromatic rings. The van der Waals surface area contributed by atoms with Gasteiger partial charge in [0.2, 0.25) is 0 Å². The summed E-state index contributed by atoms with van der Waals surface area (Å²) in [6, 6.07) is 6.14. The van der Waals surface area contributed by atoms with E-state index in [2.05, 4.69) is 10.6 Å². The SMILES string of the molecule is CCNC(=O)c1ccc(SSc2ccc(C(=O)NCC)c[n+]2[O-])[n+]([O-])c1. The maximum Gasteiger partial charge on any atom is 0.262 e. The molecule has 0 radical (unpaired) electrons. The lowest BCUT2D eigenvalue weighted by Crippen LogP contribution is -2.33. The topological polar surface area (TPSA) is 112 Å². The number of nitrogens with one attached hydrogen (secondary N) is 2. The number of rotatable bonds is 7. The van der Waals surface area contributed by atoms with E-state index in [4.69, 9.17) is 0 Å². The first-order valence-corrected chi connectivity index (χ1v) is 9.98. The highest BCUT2D eigenvalue weighted by atomic mass is 33.1.